The number of alkyl halides is 3. The summed E-state index contributed by atoms with van der Waals surface area (Å²) in [7, 11) is 0. The van der Waals surface area contributed by atoms with Crippen molar-refractivity contribution in [2.24, 2.45) is 5.41 Å². The fraction of sp³-hybridized carbons (Fsp3) is 0.550. The Hall–Kier alpha value is -2.29. The van der Waals surface area contributed by atoms with Crippen LogP contribution in [0.4, 0.5) is 13.2 Å². The highest BCUT2D eigenvalue weighted by atomic mass is 35.5. The average Bonchev–Trinajstić information content (AvgIpc) is 3.39. The Morgan fingerprint density at radius 2 is 2.00 bits per heavy atom. The van der Waals surface area contributed by atoms with Crippen LogP contribution in [0, 0.1) is 5.41 Å². The van der Waals surface area contributed by atoms with E-state index < -0.39 is 55.4 Å². The topological polar surface area (TPSA) is 66.2 Å². The van der Waals surface area contributed by atoms with Gasteiger partial charge in [0.25, 0.3) is 0 Å². The quantitative estimate of drug-likeness (QED) is 0.419. The Kier molecular flexibility index (Phi) is 4.69. The Morgan fingerprint density at radius 1 is 1.30 bits per heavy atom. The van der Waals surface area contributed by atoms with Gasteiger partial charge in [0.15, 0.2) is 5.82 Å². The molecule has 2 aromatic rings. The molecule has 30 heavy (non-hydrogen) atoms. The standard InChI is InChI=1S/C20H23ClF3N3O3/c1-18(2,3)30-17(28)13-5-6-14(25-16(13)21)27-11-7-15(26-27)29-12-4-8-19(9-10-19)20(22,23)24/h5-7,11H,4,8-10,12H2,1-3H3/i4D2,8D2. The largest absolute Gasteiger partial charge is 0.477 e. The lowest BCUT2D eigenvalue weighted by atomic mass is 10.0. The number of ether oxygens (including phenoxy) is 2. The fourth-order valence-corrected chi connectivity index (χ4v) is 2.70. The molecule has 164 valence electrons. The summed E-state index contributed by atoms with van der Waals surface area (Å²) >= 11 is 6.10. The molecule has 0 aliphatic heterocycles. The molecule has 0 spiro atoms. The van der Waals surface area contributed by atoms with E-state index >= 15 is 0 Å². The molecule has 3 rings (SSSR count). The van der Waals surface area contributed by atoms with E-state index in [0.29, 0.717) is 0 Å². The molecular formula is C20H23ClF3N3O3. The molecule has 0 unspecified atom stereocenters. The van der Waals surface area contributed by atoms with Gasteiger partial charge in [0.05, 0.1) is 17.6 Å². The molecule has 2 aromatic heterocycles. The van der Waals surface area contributed by atoms with Crippen LogP contribution in [0.25, 0.3) is 5.82 Å². The first-order chi connectivity index (χ1) is 15.4. The smallest absolute Gasteiger partial charge is 0.394 e. The third-order valence-corrected chi connectivity index (χ3v) is 4.45. The van der Waals surface area contributed by atoms with Gasteiger partial charge in [-0.2, -0.15) is 13.2 Å². The first-order valence-electron chi connectivity index (χ1n) is 11.1. The maximum atomic E-state index is 13.4. The van der Waals surface area contributed by atoms with E-state index in [0.717, 1.165) is 0 Å². The highest BCUT2D eigenvalue weighted by Crippen LogP contribution is 2.60. The third-order valence-electron chi connectivity index (χ3n) is 4.16. The molecule has 2 heterocycles. The lowest BCUT2D eigenvalue weighted by Crippen LogP contribution is -2.24. The first-order valence-corrected chi connectivity index (χ1v) is 9.44. The van der Waals surface area contributed by atoms with Crippen molar-refractivity contribution < 1.29 is 32.9 Å². The number of aromatic nitrogens is 3. The van der Waals surface area contributed by atoms with Crippen molar-refractivity contribution in [3.63, 3.8) is 0 Å². The minimum absolute atomic E-state index is 0.0399. The summed E-state index contributed by atoms with van der Waals surface area (Å²) in [6.07, 6.45) is -10.6. The van der Waals surface area contributed by atoms with Crippen LogP contribution in [-0.2, 0) is 4.74 Å². The minimum Gasteiger partial charge on any atom is -0.477 e. The van der Waals surface area contributed by atoms with Gasteiger partial charge in [-0.3, -0.25) is 0 Å². The maximum Gasteiger partial charge on any atom is 0.394 e. The van der Waals surface area contributed by atoms with E-state index in [1.165, 1.54) is 29.1 Å². The number of hydrogen-bond donors (Lipinski definition) is 0. The first kappa shape index (κ1) is 17.4. The molecule has 0 amide bonds. The zero-order valence-electron chi connectivity index (χ0n) is 20.5. The van der Waals surface area contributed by atoms with Crippen molar-refractivity contribution in [3.05, 3.63) is 35.1 Å². The predicted octanol–water partition coefficient (Wildman–Crippen LogP) is 5.38. The van der Waals surface area contributed by atoms with Gasteiger partial charge in [0.1, 0.15) is 10.8 Å². The molecule has 1 saturated carbocycles. The summed E-state index contributed by atoms with van der Waals surface area (Å²) in [5.74, 6) is -0.644. The van der Waals surface area contributed by atoms with Crippen molar-refractivity contribution in [1.82, 2.24) is 14.8 Å². The Labute approximate surface area is 182 Å². The summed E-state index contributed by atoms with van der Waals surface area (Å²) in [6.45, 7) is 4.12. The van der Waals surface area contributed by atoms with Gasteiger partial charge >= 0.3 is 12.1 Å². The molecule has 0 atom stereocenters. The van der Waals surface area contributed by atoms with Crippen molar-refractivity contribution in [2.45, 2.75) is 58.1 Å². The monoisotopic (exact) mass is 449 g/mol. The van der Waals surface area contributed by atoms with Crippen LogP contribution in [0.2, 0.25) is 5.15 Å². The number of hydrogen-bond acceptors (Lipinski definition) is 5. The second-order valence-electron chi connectivity index (χ2n) is 7.78. The zero-order valence-corrected chi connectivity index (χ0v) is 17.3. The van der Waals surface area contributed by atoms with Crippen LogP contribution in [0.1, 0.15) is 62.2 Å². The van der Waals surface area contributed by atoms with Crippen LogP contribution in [0.5, 0.6) is 5.88 Å². The molecule has 1 aliphatic rings. The second kappa shape index (κ2) is 8.09. The Morgan fingerprint density at radius 3 is 2.57 bits per heavy atom. The molecule has 0 N–H and O–H groups in total. The molecule has 6 nitrogen and oxygen atoms in total. The van der Waals surface area contributed by atoms with E-state index in [9.17, 15) is 18.0 Å². The van der Waals surface area contributed by atoms with Gasteiger partial charge in [-0.25, -0.2) is 14.5 Å². The lowest BCUT2D eigenvalue weighted by molar-refractivity contribution is -0.189. The number of esters is 1. The van der Waals surface area contributed by atoms with Crippen molar-refractivity contribution in [1.29, 1.82) is 0 Å². The molecule has 1 aliphatic carbocycles. The van der Waals surface area contributed by atoms with E-state index in [-0.39, 0.29) is 22.4 Å². The molecule has 0 radical (unpaired) electrons. The van der Waals surface area contributed by atoms with Crippen LogP contribution < -0.4 is 4.74 Å². The van der Waals surface area contributed by atoms with Gasteiger partial charge in [0, 0.05) is 17.7 Å². The van der Waals surface area contributed by atoms with E-state index in [1.807, 2.05) is 0 Å². The SMILES string of the molecule is [2H]C([2H])(COc1ccn(-c2ccc(C(=O)OC(C)(C)C)c(Cl)n2)n1)C([2H])([2H])C1(C(F)(F)F)CC1. The molecule has 0 bridgehead atoms. The summed E-state index contributed by atoms with van der Waals surface area (Å²) in [4.78, 5) is 16.3. The number of rotatable bonds is 7. The molecule has 0 aromatic carbocycles. The third kappa shape index (κ3) is 5.24. The number of nitrogens with zero attached hydrogens (tertiary/aromatic N) is 3. The van der Waals surface area contributed by atoms with Gasteiger partial charge in [-0.15, -0.1) is 5.10 Å². The van der Waals surface area contributed by atoms with Gasteiger partial charge in [-0.05, 0) is 58.5 Å². The number of carbonyl (C=O) groups excluding carboxylic acids is 1. The van der Waals surface area contributed by atoms with E-state index in [1.54, 1.807) is 20.8 Å². The fourth-order valence-electron chi connectivity index (χ4n) is 2.47. The number of halogens is 4. The normalized spacial score (nSPS) is 18.6. The highest BCUT2D eigenvalue weighted by Gasteiger charge is 2.62. The summed E-state index contributed by atoms with van der Waals surface area (Å²) in [6, 6.07) is 4.13. The second-order valence-corrected chi connectivity index (χ2v) is 8.14. The van der Waals surface area contributed by atoms with Crippen LogP contribution >= 0.6 is 11.6 Å². The minimum atomic E-state index is -4.87. The van der Waals surface area contributed by atoms with Gasteiger partial charge in [-0.1, -0.05) is 11.6 Å². The summed E-state index contributed by atoms with van der Waals surface area (Å²) in [5.41, 5.74) is -3.42. The Balaban J connectivity index is 1.71. The number of pyridine rings is 1. The van der Waals surface area contributed by atoms with Crippen LogP contribution in [0.3, 0.4) is 0 Å². The average molecular weight is 450 g/mol. The zero-order chi connectivity index (χ0) is 25.7. The van der Waals surface area contributed by atoms with E-state index in [2.05, 4.69) is 10.1 Å². The van der Waals surface area contributed by atoms with Crippen molar-refractivity contribution in [3.8, 4) is 11.7 Å². The van der Waals surface area contributed by atoms with Crippen molar-refractivity contribution >= 4 is 17.6 Å². The maximum absolute atomic E-state index is 13.4. The van der Waals surface area contributed by atoms with E-state index in [4.69, 9.17) is 26.6 Å². The molecule has 0 saturated heterocycles. The molecule has 1 fully saturated rings. The van der Waals surface area contributed by atoms with Gasteiger partial charge in [0.2, 0.25) is 5.88 Å². The van der Waals surface area contributed by atoms with Gasteiger partial charge < -0.3 is 9.47 Å². The highest BCUT2D eigenvalue weighted by molar-refractivity contribution is 6.32. The molecule has 10 heteroatoms. The van der Waals surface area contributed by atoms with Crippen molar-refractivity contribution in [2.75, 3.05) is 6.61 Å². The summed E-state index contributed by atoms with van der Waals surface area (Å²) in [5, 5.41) is 3.87. The summed E-state index contributed by atoms with van der Waals surface area (Å²) < 4.78 is 83.4. The predicted molar refractivity (Wildman–Crippen MR) is 104 cm³/mol. The van der Waals surface area contributed by atoms with Crippen LogP contribution in [0.15, 0.2) is 24.4 Å². The lowest BCUT2D eigenvalue weighted by Gasteiger charge is -2.19. The molecular weight excluding hydrogens is 423 g/mol. The van der Waals surface area contributed by atoms with Crippen LogP contribution in [-0.4, -0.2) is 39.1 Å². The number of carbonyl (C=O) groups is 1. The Bertz CT molecular complexity index is 1080.